The van der Waals surface area contributed by atoms with Crippen molar-refractivity contribution in [2.45, 2.75) is 13.8 Å². The predicted octanol–water partition coefficient (Wildman–Crippen LogP) is 2.24. The van der Waals surface area contributed by atoms with E-state index in [4.69, 9.17) is 0 Å². The molecule has 2 heterocycles. The number of aryl methyl sites for hydroxylation is 2. The second-order valence-electron chi connectivity index (χ2n) is 3.52. The molecule has 0 radical (unpaired) electrons. The van der Waals surface area contributed by atoms with Crippen molar-refractivity contribution in [2.24, 2.45) is 7.05 Å². The summed E-state index contributed by atoms with van der Waals surface area (Å²) in [6.07, 6.45) is 2.98. The van der Waals surface area contributed by atoms with Gasteiger partial charge in [-0.2, -0.15) is 5.10 Å². The number of rotatable bonds is 1. The zero-order valence-electron chi connectivity index (χ0n) is 8.95. The molecule has 0 atom stereocenters. The number of hydrogen-bond donors (Lipinski definition) is 0. The van der Waals surface area contributed by atoms with Gasteiger partial charge in [0.25, 0.3) is 0 Å². The molecule has 0 saturated carbocycles. The van der Waals surface area contributed by atoms with Gasteiger partial charge in [0.05, 0.1) is 5.69 Å². The van der Waals surface area contributed by atoms with Crippen molar-refractivity contribution in [3.8, 4) is 11.1 Å². The molecule has 0 bridgehead atoms. The Morgan fingerprint density at radius 3 is 2.60 bits per heavy atom. The van der Waals surface area contributed by atoms with Gasteiger partial charge in [-0.15, -0.1) is 0 Å². The molecule has 0 fully saturated rings. The van der Waals surface area contributed by atoms with Gasteiger partial charge < -0.3 is 0 Å². The lowest BCUT2D eigenvalue weighted by Crippen LogP contribution is -1.93. The minimum atomic E-state index is -0.260. The van der Waals surface area contributed by atoms with Crippen LogP contribution in [0.25, 0.3) is 11.1 Å². The van der Waals surface area contributed by atoms with Crippen LogP contribution in [0.15, 0.2) is 18.5 Å². The predicted molar refractivity (Wildman–Crippen MR) is 55.9 cm³/mol. The van der Waals surface area contributed by atoms with Crippen molar-refractivity contribution in [2.75, 3.05) is 0 Å². The van der Waals surface area contributed by atoms with E-state index in [0.29, 0.717) is 5.56 Å². The molecule has 0 aromatic carbocycles. The molecule has 0 spiro atoms. The first-order chi connectivity index (χ1) is 7.11. The standard InChI is InChI=1S/C11H12FN3/c1-7-11(8(2)15(3)14-7)9-6-13-5-4-10(9)12/h4-6H,1-3H3. The monoisotopic (exact) mass is 205 g/mol. The Balaban J connectivity index is 2.69. The lowest BCUT2D eigenvalue weighted by atomic mass is 10.1. The van der Waals surface area contributed by atoms with Crippen LogP contribution in [0.2, 0.25) is 0 Å². The highest BCUT2D eigenvalue weighted by molar-refractivity contribution is 5.68. The number of hydrogen-bond acceptors (Lipinski definition) is 2. The van der Waals surface area contributed by atoms with E-state index in [2.05, 4.69) is 10.1 Å². The van der Waals surface area contributed by atoms with Gasteiger partial charge in [-0.05, 0) is 19.9 Å². The van der Waals surface area contributed by atoms with Crippen LogP contribution in [0.1, 0.15) is 11.4 Å². The molecule has 2 rings (SSSR count). The van der Waals surface area contributed by atoms with Gasteiger partial charge in [0, 0.05) is 36.3 Å². The zero-order valence-corrected chi connectivity index (χ0v) is 8.95. The maximum atomic E-state index is 13.6. The minimum Gasteiger partial charge on any atom is -0.272 e. The fourth-order valence-corrected chi connectivity index (χ4v) is 1.72. The summed E-state index contributed by atoms with van der Waals surface area (Å²) in [4.78, 5) is 3.94. The first kappa shape index (κ1) is 9.83. The largest absolute Gasteiger partial charge is 0.272 e. The molecule has 0 saturated heterocycles. The molecule has 0 unspecified atom stereocenters. The normalized spacial score (nSPS) is 10.7. The molecule has 3 nitrogen and oxygen atoms in total. The highest BCUT2D eigenvalue weighted by Crippen LogP contribution is 2.27. The summed E-state index contributed by atoms with van der Waals surface area (Å²) < 4.78 is 15.3. The maximum absolute atomic E-state index is 13.6. The van der Waals surface area contributed by atoms with Crippen molar-refractivity contribution in [1.82, 2.24) is 14.8 Å². The van der Waals surface area contributed by atoms with E-state index in [1.807, 2.05) is 20.9 Å². The zero-order chi connectivity index (χ0) is 11.0. The average molecular weight is 205 g/mol. The van der Waals surface area contributed by atoms with Crippen LogP contribution >= 0.6 is 0 Å². The summed E-state index contributed by atoms with van der Waals surface area (Å²) in [5.41, 5.74) is 3.12. The topological polar surface area (TPSA) is 30.7 Å². The third-order valence-electron chi connectivity index (χ3n) is 2.55. The van der Waals surface area contributed by atoms with Crippen LogP contribution in [-0.2, 0) is 7.05 Å². The quantitative estimate of drug-likeness (QED) is 0.714. The summed E-state index contributed by atoms with van der Waals surface area (Å²) in [6, 6.07) is 1.36. The molecular formula is C11H12FN3. The van der Waals surface area contributed by atoms with Crippen molar-refractivity contribution in [3.63, 3.8) is 0 Å². The van der Waals surface area contributed by atoms with Gasteiger partial charge in [-0.1, -0.05) is 0 Å². The van der Waals surface area contributed by atoms with Crippen LogP contribution in [0, 0.1) is 19.7 Å². The SMILES string of the molecule is Cc1nn(C)c(C)c1-c1cnccc1F. The van der Waals surface area contributed by atoms with E-state index < -0.39 is 0 Å². The van der Waals surface area contributed by atoms with Gasteiger partial charge in [0.15, 0.2) is 0 Å². The smallest absolute Gasteiger partial charge is 0.134 e. The first-order valence-electron chi connectivity index (χ1n) is 4.71. The Morgan fingerprint density at radius 2 is 2.07 bits per heavy atom. The van der Waals surface area contributed by atoms with Crippen molar-refractivity contribution in [3.05, 3.63) is 35.7 Å². The van der Waals surface area contributed by atoms with Gasteiger partial charge >= 0.3 is 0 Å². The molecule has 2 aromatic rings. The molecule has 0 aliphatic carbocycles. The van der Waals surface area contributed by atoms with Gasteiger partial charge in [-0.3, -0.25) is 9.67 Å². The molecule has 78 valence electrons. The molecule has 0 aliphatic heterocycles. The van der Waals surface area contributed by atoms with Crippen LogP contribution in [0.3, 0.4) is 0 Å². The van der Waals surface area contributed by atoms with Crippen molar-refractivity contribution in [1.29, 1.82) is 0 Å². The highest BCUT2D eigenvalue weighted by atomic mass is 19.1. The molecule has 15 heavy (non-hydrogen) atoms. The Kier molecular flexibility index (Phi) is 2.26. The van der Waals surface area contributed by atoms with E-state index in [0.717, 1.165) is 17.0 Å². The van der Waals surface area contributed by atoms with E-state index in [1.54, 1.807) is 4.68 Å². The van der Waals surface area contributed by atoms with Crippen LogP contribution < -0.4 is 0 Å². The number of pyridine rings is 1. The van der Waals surface area contributed by atoms with Crippen LogP contribution in [0.4, 0.5) is 4.39 Å². The average Bonchev–Trinajstić information content (AvgIpc) is 2.43. The Bertz CT molecular complexity index is 503. The fraction of sp³-hybridized carbons (Fsp3) is 0.273. The van der Waals surface area contributed by atoms with E-state index in [9.17, 15) is 4.39 Å². The summed E-state index contributed by atoms with van der Waals surface area (Å²) >= 11 is 0. The fourth-order valence-electron chi connectivity index (χ4n) is 1.72. The number of aromatic nitrogens is 3. The molecule has 4 heteroatoms. The number of nitrogens with zero attached hydrogens (tertiary/aromatic N) is 3. The highest BCUT2D eigenvalue weighted by Gasteiger charge is 2.14. The van der Waals surface area contributed by atoms with E-state index >= 15 is 0 Å². The summed E-state index contributed by atoms with van der Waals surface area (Å²) in [7, 11) is 1.85. The third-order valence-corrected chi connectivity index (χ3v) is 2.55. The lowest BCUT2D eigenvalue weighted by Gasteiger charge is -2.02. The van der Waals surface area contributed by atoms with Crippen LogP contribution in [0.5, 0.6) is 0 Å². The minimum absolute atomic E-state index is 0.260. The Hall–Kier alpha value is -1.71. The molecule has 0 aliphatic rings. The van der Waals surface area contributed by atoms with Crippen molar-refractivity contribution < 1.29 is 4.39 Å². The third kappa shape index (κ3) is 1.52. The van der Waals surface area contributed by atoms with E-state index in [-0.39, 0.29) is 5.82 Å². The Labute approximate surface area is 87.6 Å². The maximum Gasteiger partial charge on any atom is 0.134 e. The molecule has 0 amide bonds. The molecular weight excluding hydrogens is 193 g/mol. The van der Waals surface area contributed by atoms with Gasteiger partial charge in [-0.25, -0.2) is 4.39 Å². The summed E-state index contributed by atoms with van der Waals surface area (Å²) in [6.45, 7) is 3.79. The summed E-state index contributed by atoms with van der Waals surface area (Å²) in [5, 5.41) is 4.25. The molecule has 0 N–H and O–H groups in total. The summed E-state index contributed by atoms with van der Waals surface area (Å²) in [5.74, 6) is -0.260. The second kappa shape index (κ2) is 3.46. The van der Waals surface area contributed by atoms with Crippen molar-refractivity contribution >= 4 is 0 Å². The second-order valence-corrected chi connectivity index (χ2v) is 3.52. The van der Waals surface area contributed by atoms with Gasteiger partial charge in [0.1, 0.15) is 5.82 Å². The van der Waals surface area contributed by atoms with Gasteiger partial charge in [0.2, 0.25) is 0 Å². The number of halogens is 1. The van der Waals surface area contributed by atoms with E-state index in [1.165, 1.54) is 18.5 Å². The molecule has 2 aromatic heterocycles. The Morgan fingerprint density at radius 1 is 1.33 bits per heavy atom. The van der Waals surface area contributed by atoms with Crippen LogP contribution in [-0.4, -0.2) is 14.8 Å². The lowest BCUT2D eigenvalue weighted by molar-refractivity contribution is 0.629. The first-order valence-corrected chi connectivity index (χ1v) is 4.71.